The second-order valence-electron chi connectivity index (χ2n) is 3.00. The Bertz CT molecular complexity index is 381. The summed E-state index contributed by atoms with van der Waals surface area (Å²) in [5, 5.41) is 3.87. The average Bonchev–Trinajstić information content (AvgIpc) is 2.41. The number of amides is 2. The minimum atomic E-state index is -0.644. The fraction of sp³-hybridized carbons (Fsp3) is 0.333. The van der Waals surface area contributed by atoms with Gasteiger partial charge < -0.3 is 5.73 Å². The average molecular weight is 211 g/mol. The highest BCUT2D eigenvalue weighted by atomic mass is 32.1. The maximum absolute atomic E-state index is 10.4. The van der Waals surface area contributed by atoms with E-state index in [1.807, 2.05) is 26.8 Å². The Kier molecular flexibility index (Phi) is 3.24. The first-order valence-corrected chi connectivity index (χ1v) is 4.99. The van der Waals surface area contributed by atoms with E-state index < -0.39 is 6.03 Å². The molecular weight excluding hydrogens is 198 g/mol. The molecule has 3 N–H and O–H groups in total. The highest BCUT2D eigenvalue weighted by Crippen LogP contribution is 2.20. The zero-order valence-electron chi connectivity index (χ0n) is 8.42. The van der Waals surface area contributed by atoms with Crippen molar-refractivity contribution in [3.05, 3.63) is 21.4 Å². The van der Waals surface area contributed by atoms with Crippen LogP contribution in [0.25, 0.3) is 0 Å². The van der Waals surface area contributed by atoms with Crippen molar-refractivity contribution < 1.29 is 4.79 Å². The molecule has 0 aliphatic rings. The largest absolute Gasteiger partial charge is 0.350 e. The van der Waals surface area contributed by atoms with E-state index in [1.54, 1.807) is 11.3 Å². The summed E-state index contributed by atoms with van der Waals surface area (Å²) in [6.45, 7) is 5.90. The Hall–Kier alpha value is -1.36. The van der Waals surface area contributed by atoms with Crippen LogP contribution in [0.4, 0.5) is 4.79 Å². The lowest BCUT2D eigenvalue weighted by Gasteiger charge is -1.98. The maximum atomic E-state index is 10.4. The molecule has 0 radical (unpaired) electrons. The van der Waals surface area contributed by atoms with Crippen LogP contribution in [0, 0.1) is 13.8 Å². The minimum Gasteiger partial charge on any atom is -0.350 e. The fourth-order valence-corrected chi connectivity index (χ4v) is 2.17. The predicted molar refractivity (Wildman–Crippen MR) is 58.7 cm³/mol. The molecule has 0 aromatic carbocycles. The highest BCUT2D eigenvalue weighted by Gasteiger charge is 2.05. The van der Waals surface area contributed by atoms with Gasteiger partial charge in [0.05, 0.1) is 5.71 Å². The zero-order valence-corrected chi connectivity index (χ0v) is 9.23. The van der Waals surface area contributed by atoms with Crippen LogP contribution >= 0.6 is 11.3 Å². The van der Waals surface area contributed by atoms with E-state index in [-0.39, 0.29) is 0 Å². The molecule has 1 aromatic heterocycles. The Morgan fingerprint density at radius 3 is 2.64 bits per heavy atom. The van der Waals surface area contributed by atoms with Crippen molar-refractivity contribution in [2.45, 2.75) is 20.8 Å². The normalized spacial score (nSPS) is 11.5. The molecule has 1 heterocycles. The number of hydrogen-bond donors (Lipinski definition) is 2. The van der Waals surface area contributed by atoms with Gasteiger partial charge in [-0.3, -0.25) is 0 Å². The number of carbonyl (C=O) groups is 1. The van der Waals surface area contributed by atoms with Gasteiger partial charge in [0.1, 0.15) is 0 Å². The highest BCUT2D eigenvalue weighted by molar-refractivity contribution is 7.12. The molecule has 0 spiro atoms. The number of nitrogens with zero attached hydrogens (tertiary/aromatic N) is 1. The number of carbonyl (C=O) groups excluding carboxylic acids is 1. The molecule has 76 valence electrons. The Balaban J connectivity index is 2.88. The smallest absolute Gasteiger partial charge is 0.332 e. The van der Waals surface area contributed by atoms with E-state index in [4.69, 9.17) is 5.73 Å². The van der Waals surface area contributed by atoms with Gasteiger partial charge in [0, 0.05) is 15.3 Å². The number of hydrogen-bond acceptors (Lipinski definition) is 3. The van der Waals surface area contributed by atoms with Gasteiger partial charge in [0.2, 0.25) is 0 Å². The summed E-state index contributed by atoms with van der Waals surface area (Å²) in [6.07, 6.45) is 0. The molecule has 0 aliphatic carbocycles. The lowest BCUT2D eigenvalue weighted by atomic mass is 10.2. The molecular formula is C9H13N3OS. The lowest BCUT2D eigenvalue weighted by Crippen LogP contribution is -2.25. The van der Waals surface area contributed by atoms with Gasteiger partial charge in [0.25, 0.3) is 0 Å². The van der Waals surface area contributed by atoms with Gasteiger partial charge in [-0.1, -0.05) is 0 Å². The quantitative estimate of drug-likeness (QED) is 0.568. The van der Waals surface area contributed by atoms with Gasteiger partial charge in [-0.15, -0.1) is 11.3 Å². The lowest BCUT2D eigenvalue weighted by molar-refractivity contribution is 0.249. The molecule has 5 heteroatoms. The number of primary amides is 1. The third-order valence-electron chi connectivity index (χ3n) is 1.76. The Morgan fingerprint density at radius 2 is 2.21 bits per heavy atom. The van der Waals surface area contributed by atoms with Gasteiger partial charge in [-0.25, -0.2) is 10.2 Å². The standard InChI is InChI=1S/C9H13N3OS/c1-5-4-8(7(3)14-5)6(2)11-12-9(10)13/h4H,1-3H3,(H3,10,12,13)/b11-6-. The second kappa shape index (κ2) is 4.23. The minimum absolute atomic E-state index is 0.644. The molecule has 1 rings (SSSR count). The van der Waals surface area contributed by atoms with Crippen molar-refractivity contribution in [2.24, 2.45) is 10.8 Å². The number of aryl methyl sites for hydroxylation is 2. The van der Waals surface area contributed by atoms with Crippen molar-refractivity contribution in [2.75, 3.05) is 0 Å². The van der Waals surface area contributed by atoms with E-state index >= 15 is 0 Å². The van der Waals surface area contributed by atoms with Crippen LogP contribution < -0.4 is 11.2 Å². The molecule has 4 nitrogen and oxygen atoms in total. The van der Waals surface area contributed by atoms with Gasteiger partial charge in [-0.05, 0) is 26.8 Å². The number of hydrazone groups is 1. The van der Waals surface area contributed by atoms with Gasteiger partial charge in [-0.2, -0.15) is 5.10 Å². The first-order valence-electron chi connectivity index (χ1n) is 4.18. The summed E-state index contributed by atoms with van der Waals surface area (Å²) in [4.78, 5) is 12.8. The molecule has 0 saturated carbocycles. The summed E-state index contributed by atoms with van der Waals surface area (Å²) in [5.74, 6) is 0. The third-order valence-corrected chi connectivity index (χ3v) is 2.73. The number of nitrogens with two attached hydrogens (primary N) is 1. The summed E-state index contributed by atoms with van der Waals surface area (Å²) in [5.41, 5.74) is 8.95. The van der Waals surface area contributed by atoms with Crippen molar-refractivity contribution >= 4 is 23.1 Å². The van der Waals surface area contributed by atoms with Crippen LogP contribution in [0.2, 0.25) is 0 Å². The fourth-order valence-electron chi connectivity index (χ4n) is 1.19. The Morgan fingerprint density at radius 1 is 1.57 bits per heavy atom. The molecule has 2 amide bonds. The molecule has 0 atom stereocenters. The van der Waals surface area contributed by atoms with Crippen LogP contribution in [0.3, 0.4) is 0 Å². The number of nitrogens with one attached hydrogen (secondary N) is 1. The summed E-state index contributed by atoms with van der Waals surface area (Å²) >= 11 is 1.71. The first kappa shape index (κ1) is 10.7. The predicted octanol–water partition coefficient (Wildman–Crippen LogP) is 1.76. The third kappa shape index (κ3) is 2.56. The number of thiophene rings is 1. The Labute approximate surface area is 86.8 Å². The van der Waals surface area contributed by atoms with Crippen molar-refractivity contribution in [1.82, 2.24) is 5.43 Å². The molecule has 14 heavy (non-hydrogen) atoms. The van der Waals surface area contributed by atoms with Crippen molar-refractivity contribution in [3.8, 4) is 0 Å². The molecule has 0 fully saturated rings. The molecule has 0 unspecified atom stereocenters. The van der Waals surface area contributed by atoms with Crippen LogP contribution in [0.5, 0.6) is 0 Å². The van der Waals surface area contributed by atoms with Crippen LogP contribution in [-0.2, 0) is 0 Å². The molecule has 0 bridgehead atoms. The van der Waals surface area contributed by atoms with E-state index in [2.05, 4.69) is 10.5 Å². The molecule has 0 saturated heterocycles. The van der Waals surface area contributed by atoms with E-state index in [0.29, 0.717) is 0 Å². The van der Waals surface area contributed by atoms with E-state index in [1.165, 1.54) is 9.75 Å². The van der Waals surface area contributed by atoms with Crippen LogP contribution in [0.15, 0.2) is 11.2 Å². The monoisotopic (exact) mass is 211 g/mol. The number of urea groups is 1. The topological polar surface area (TPSA) is 67.5 Å². The summed E-state index contributed by atoms with van der Waals surface area (Å²) < 4.78 is 0. The molecule has 1 aromatic rings. The van der Waals surface area contributed by atoms with Crippen molar-refractivity contribution in [3.63, 3.8) is 0 Å². The number of rotatable bonds is 2. The van der Waals surface area contributed by atoms with E-state index in [0.717, 1.165) is 11.3 Å². The summed E-state index contributed by atoms with van der Waals surface area (Å²) in [6, 6.07) is 1.40. The van der Waals surface area contributed by atoms with E-state index in [9.17, 15) is 4.79 Å². The zero-order chi connectivity index (χ0) is 10.7. The second-order valence-corrected chi connectivity index (χ2v) is 4.46. The van der Waals surface area contributed by atoms with Gasteiger partial charge in [0.15, 0.2) is 0 Å². The van der Waals surface area contributed by atoms with Crippen molar-refractivity contribution in [1.29, 1.82) is 0 Å². The SMILES string of the molecule is C/C(=N/NC(N)=O)c1cc(C)sc1C. The molecule has 0 aliphatic heterocycles. The maximum Gasteiger partial charge on any atom is 0.332 e. The van der Waals surface area contributed by atoms with Crippen LogP contribution in [0.1, 0.15) is 22.2 Å². The first-order chi connectivity index (χ1) is 6.50. The summed E-state index contributed by atoms with van der Waals surface area (Å²) in [7, 11) is 0. The van der Waals surface area contributed by atoms with Gasteiger partial charge >= 0.3 is 6.03 Å². The van der Waals surface area contributed by atoms with Crippen LogP contribution in [-0.4, -0.2) is 11.7 Å².